The minimum absolute atomic E-state index is 0.149. The lowest BCUT2D eigenvalue weighted by Gasteiger charge is -2.32. The first-order valence-electron chi connectivity index (χ1n) is 12.1. The van der Waals surface area contributed by atoms with Crippen LogP contribution in [-0.2, 0) is 28.6 Å². The predicted octanol–water partition coefficient (Wildman–Crippen LogP) is 1.71. The third-order valence-electron chi connectivity index (χ3n) is 5.91. The molecule has 0 amide bonds. The molecule has 0 aromatic heterocycles. The summed E-state index contributed by atoms with van der Waals surface area (Å²) in [7, 11) is 3.94. The SMILES string of the molecule is CC[Si](CCCNCCN)(OC)OC.CO[Si](OC)(OC)C(CNCCN)Cc1ccccc1. The molecule has 0 saturated heterocycles. The first kappa shape index (κ1) is 33.3. The molecule has 0 radical (unpaired) electrons. The number of hydrogen-bond donors (Lipinski definition) is 4. The van der Waals surface area contributed by atoms with Crippen LogP contribution in [-0.4, -0.2) is 92.2 Å². The summed E-state index contributed by atoms with van der Waals surface area (Å²) in [5.74, 6) is 0. The summed E-state index contributed by atoms with van der Waals surface area (Å²) in [6.07, 6.45) is 1.95. The Kier molecular flexibility index (Phi) is 20.1. The van der Waals surface area contributed by atoms with E-state index in [1.54, 1.807) is 35.5 Å². The highest BCUT2D eigenvalue weighted by atomic mass is 28.4. The van der Waals surface area contributed by atoms with Crippen molar-refractivity contribution >= 4 is 17.4 Å². The molecule has 0 heterocycles. The number of benzene rings is 1. The lowest BCUT2D eigenvalue weighted by molar-refractivity contribution is 0.110. The molecule has 34 heavy (non-hydrogen) atoms. The van der Waals surface area contributed by atoms with Gasteiger partial charge in [-0.3, -0.25) is 0 Å². The zero-order valence-corrected chi connectivity index (χ0v) is 24.2. The van der Waals surface area contributed by atoms with Crippen LogP contribution in [0.3, 0.4) is 0 Å². The lowest BCUT2D eigenvalue weighted by atomic mass is 10.1. The summed E-state index contributed by atoms with van der Waals surface area (Å²) in [6, 6.07) is 12.4. The van der Waals surface area contributed by atoms with Gasteiger partial charge in [-0.05, 0) is 37.0 Å². The topological polar surface area (TPSA) is 122 Å². The van der Waals surface area contributed by atoms with Crippen LogP contribution >= 0.6 is 0 Å². The number of nitrogens with one attached hydrogen (secondary N) is 2. The van der Waals surface area contributed by atoms with Crippen molar-refractivity contribution in [2.24, 2.45) is 11.5 Å². The van der Waals surface area contributed by atoms with E-state index in [2.05, 4.69) is 29.7 Å². The standard InChI is InChI=1S/C14H26N2O3Si.C9H24N2O2Si/c1-17-20(18-2,19-3)14(12-16-10-9-15)11-13-7-5-4-6-8-13;1-4-14(12-2,13-3)9-5-7-11-8-6-10/h4-8,14,16H,9-12,15H2,1-3H3;11H,4-10H2,1-3H3. The van der Waals surface area contributed by atoms with E-state index in [-0.39, 0.29) is 5.54 Å². The van der Waals surface area contributed by atoms with Crippen molar-refractivity contribution in [1.82, 2.24) is 10.6 Å². The maximum absolute atomic E-state index is 5.62. The second-order valence-electron chi connectivity index (χ2n) is 7.91. The van der Waals surface area contributed by atoms with E-state index in [9.17, 15) is 0 Å². The summed E-state index contributed by atoms with van der Waals surface area (Å²) in [4.78, 5) is 0. The molecule has 1 rings (SSSR count). The maximum Gasteiger partial charge on any atom is 0.505 e. The second kappa shape index (κ2) is 20.5. The Hall–Kier alpha value is -0.706. The molecule has 0 saturated carbocycles. The van der Waals surface area contributed by atoms with Crippen LogP contribution in [0, 0.1) is 0 Å². The summed E-state index contributed by atoms with van der Waals surface area (Å²) in [5.41, 5.74) is 12.3. The van der Waals surface area contributed by atoms with Crippen molar-refractivity contribution in [3.8, 4) is 0 Å². The Morgan fingerprint density at radius 1 is 0.794 bits per heavy atom. The number of nitrogens with two attached hydrogens (primary N) is 2. The van der Waals surface area contributed by atoms with Crippen LogP contribution < -0.4 is 22.1 Å². The zero-order chi connectivity index (χ0) is 25.7. The van der Waals surface area contributed by atoms with E-state index in [0.717, 1.165) is 51.1 Å². The third kappa shape index (κ3) is 12.3. The van der Waals surface area contributed by atoms with Gasteiger partial charge in [0.1, 0.15) is 0 Å². The highest BCUT2D eigenvalue weighted by Gasteiger charge is 2.46. The minimum atomic E-state index is -2.68. The Morgan fingerprint density at radius 2 is 1.35 bits per heavy atom. The van der Waals surface area contributed by atoms with E-state index in [1.807, 2.05) is 18.2 Å². The molecule has 0 aliphatic heterocycles. The molecule has 0 bridgehead atoms. The predicted molar refractivity (Wildman–Crippen MR) is 144 cm³/mol. The van der Waals surface area contributed by atoms with Gasteiger partial charge in [0.25, 0.3) is 0 Å². The minimum Gasteiger partial charge on any atom is -0.398 e. The van der Waals surface area contributed by atoms with Gasteiger partial charge >= 0.3 is 17.4 Å². The Bertz CT molecular complexity index is 565. The van der Waals surface area contributed by atoms with Crippen LogP contribution in [0.5, 0.6) is 0 Å². The first-order valence-corrected chi connectivity index (χ1v) is 16.1. The molecule has 1 unspecified atom stereocenters. The molecule has 0 aliphatic carbocycles. The second-order valence-corrected chi connectivity index (χ2v) is 15.0. The zero-order valence-electron chi connectivity index (χ0n) is 22.2. The van der Waals surface area contributed by atoms with Crippen LogP contribution in [0.4, 0.5) is 0 Å². The van der Waals surface area contributed by atoms with Crippen molar-refractivity contribution in [1.29, 1.82) is 0 Å². The molecule has 9 nitrogen and oxygen atoms in total. The largest absolute Gasteiger partial charge is 0.505 e. The molecule has 0 fully saturated rings. The van der Waals surface area contributed by atoms with E-state index in [4.69, 9.17) is 33.6 Å². The van der Waals surface area contributed by atoms with Gasteiger partial charge in [0.15, 0.2) is 0 Å². The maximum atomic E-state index is 5.62. The van der Waals surface area contributed by atoms with E-state index in [1.165, 1.54) is 5.56 Å². The molecule has 0 spiro atoms. The number of hydrogen-bond acceptors (Lipinski definition) is 9. The average Bonchev–Trinajstić information content (AvgIpc) is 2.89. The lowest BCUT2D eigenvalue weighted by Crippen LogP contribution is -2.51. The van der Waals surface area contributed by atoms with E-state index in [0.29, 0.717) is 13.1 Å². The van der Waals surface area contributed by atoms with Gasteiger partial charge in [0.2, 0.25) is 0 Å². The van der Waals surface area contributed by atoms with E-state index >= 15 is 0 Å². The quantitative estimate of drug-likeness (QED) is 0.160. The summed E-state index contributed by atoms with van der Waals surface area (Å²) >= 11 is 0. The third-order valence-corrected chi connectivity index (χ3v) is 12.7. The van der Waals surface area contributed by atoms with Gasteiger partial charge in [-0.2, -0.15) is 0 Å². The molecule has 1 aromatic carbocycles. The Balaban J connectivity index is 0.000000686. The highest BCUT2D eigenvalue weighted by Crippen LogP contribution is 2.27. The van der Waals surface area contributed by atoms with Crippen LogP contribution in [0.15, 0.2) is 30.3 Å². The van der Waals surface area contributed by atoms with Crippen molar-refractivity contribution in [3.63, 3.8) is 0 Å². The van der Waals surface area contributed by atoms with Crippen molar-refractivity contribution in [2.45, 2.75) is 37.4 Å². The van der Waals surface area contributed by atoms with Gasteiger partial charge in [-0.25, -0.2) is 0 Å². The monoisotopic (exact) mass is 518 g/mol. The molecular weight excluding hydrogens is 468 g/mol. The summed E-state index contributed by atoms with van der Waals surface area (Å²) in [5, 5.41) is 6.60. The molecule has 1 aromatic rings. The fraction of sp³-hybridized carbons (Fsp3) is 0.739. The smallest absolute Gasteiger partial charge is 0.398 e. The molecular formula is C23H50N4O5Si2. The average molecular weight is 519 g/mol. The van der Waals surface area contributed by atoms with Gasteiger partial charge in [0.05, 0.1) is 0 Å². The van der Waals surface area contributed by atoms with Gasteiger partial charge < -0.3 is 44.2 Å². The summed E-state index contributed by atoms with van der Waals surface area (Å²) in [6.45, 7) is 6.86. The Morgan fingerprint density at radius 3 is 1.82 bits per heavy atom. The van der Waals surface area contributed by atoms with Crippen LogP contribution in [0.25, 0.3) is 0 Å². The fourth-order valence-corrected chi connectivity index (χ4v) is 8.41. The van der Waals surface area contributed by atoms with Crippen LogP contribution in [0.2, 0.25) is 17.6 Å². The van der Waals surface area contributed by atoms with Gasteiger partial charge in [-0.1, -0.05) is 37.3 Å². The van der Waals surface area contributed by atoms with Gasteiger partial charge in [-0.15, -0.1) is 0 Å². The van der Waals surface area contributed by atoms with E-state index < -0.39 is 17.4 Å². The van der Waals surface area contributed by atoms with Gasteiger partial charge in [0, 0.05) is 73.8 Å². The highest BCUT2D eigenvalue weighted by molar-refractivity contribution is 6.67. The molecule has 200 valence electrons. The van der Waals surface area contributed by atoms with Crippen LogP contribution in [0.1, 0.15) is 18.9 Å². The molecule has 1 atom stereocenters. The molecule has 11 heteroatoms. The van der Waals surface area contributed by atoms with Crippen molar-refractivity contribution in [3.05, 3.63) is 35.9 Å². The summed E-state index contributed by atoms with van der Waals surface area (Å²) < 4.78 is 27.9. The number of rotatable bonds is 19. The molecule has 0 aliphatic rings. The Labute approximate surface area is 209 Å². The van der Waals surface area contributed by atoms with Crippen molar-refractivity contribution in [2.75, 3.05) is 74.8 Å². The molecule has 6 N–H and O–H groups in total. The normalized spacial score (nSPS) is 12.8. The fourth-order valence-electron chi connectivity index (χ4n) is 3.81. The first-order chi connectivity index (χ1) is 16.5. The van der Waals surface area contributed by atoms with Crippen molar-refractivity contribution < 1.29 is 22.1 Å².